The monoisotopic (exact) mass is 348 g/mol. The molecule has 0 unspecified atom stereocenters. The van der Waals surface area contributed by atoms with Gasteiger partial charge in [0.25, 0.3) is 0 Å². The van der Waals surface area contributed by atoms with Crippen molar-refractivity contribution in [3.8, 4) is 0 Å². The number of benzene rings is 1. The van der Waals surface area contributed by atoms with Crippen LogP contribution < -0.4 is 17.0 Å². The molecular weight excluding hydrogens is 320 g/mol. The Balaban J connectivity index is 0. The molecule has 0 fully saturated rings. The number of hydrogen-bond acceptors (Lipinski definition) is 0. The van der Waals surface area contributed by atoms with E-state index < -0.39 is 0 Å². The summed E-state index contributed by atoms with van der Waals surface area (Å²) >= 11 is 0. The minimum absolute atomic E-state index is 0. The molecule has 0 radical (unpaired) electrons. The van der Waals surface area contributed by atoms with Gasteiger partial charge in [0.15, 0.2) is 0 Å². The van der Waals surface area contributed by atoms with Crippen molar-refractivity contribution in [2.45, 2.75) is 77.6 Å². The summed E-state index contributed by atoms with van der Waals surface area (Å²) in [4.78, 5) is 0. The molecule has 2 heteroatoms. The summed E-state index contributed by atoms with van der Waals surface area (Å²) in [6.07, 6.45) is 15.4. The van der Waals surface area contributed by atoms with Gasteiger partial charge in [-0.3, -0.25) is 0 Å². The largest absolute Gasteiger partial charge is 2.00 e. The Morgan fingerprint density at radius 3 is 1.70 bits per heavy atom. The summed E-state index contributed by atoms with van der Waals surface area (Å²) in [5.74, 6) is 0. The van der Waals surface area contributed by atoms with Crippen molar-refractivity contribution in [3.63, 3.8) is 0 Å². The van der Waals surface area contributed by atoms with Gasteiger partial charge < -0.3 is 17.0 Å². The van der Waals surface area contributed by atoms with Crippen LogP contribution in [0.5, 0.6) is 0 Å². The Hall–Kier alpha value is 0.466. The first-order valence-corrected chi connectivity index (χ1v) is 7.88. The number of unbranched alkanes of at least 4 members (excludes halogenated alkanes) is 9. The molecule has 0 aliphatic heterocycles. The predicted molar refractivity (Wildman–Crippen MR) is 86.6 cm³/mol. The first-order chi connectivity index (χ1) is 8.93. The van der Waals surface area contributed by atoms with E-state index in [2.05, 4.69) is 25.1 Å². The Labute approximate surface area is 153 Å². The van der Waals surface area contributed by atoms with Crippen LogP contribution in [0.4, 0.5) is 0 Å². The van der Waals surface area contributed by atoms with Gasteiger partial charge in [-0.1, -0.05) is 77.6 Å². The number of aryl methyl sites for hydroxylation is 1. The summed E-state index contributed by atoms with van der Waals surface area (Å²) in [5.41, 5.74) is 1.47. The number of halogens is 1. The molecule has 0 heterocycles. The quantitative estimate of drug-likeness (QED) is 0.327. The standard InChI is InChI=1S/C18H29.BrH.Mg/c1-2-3-4-5-6-7-8-9-10-12-15-18-16-13-11-14-17-18;;/h13-14,16-17H,2-10,12,15H2,1H3;1H;/q-1;;+2/p-1. The maximum atomic E-state index is 3.07. The number of hydrogen-bond donors (Lipinski definition) is 0. The van der Waals surface area contributed by atoms with Gasteiger partial charge >= 0.3 is 23.1 Å². The van der Waals surface area contributed by atoms with E-state index in [0.29, 0.717) is 0 Å². The van der Waals surface area contributed by atoms with Crippen LogP contribution >= 0.6 is 0 Å². The fourth-order valence-corrected chi connectivity index (χ4v) is 2.40. The van der Waals surface area contributed by atoms with E-state index in [0.717, 1.165) is 0 Å². The average molecular weight is 350 g/mol. The Morgan fingerprint density at radius 1 is 0.750 bits per heavy atom. The smallest absolute Gasteiger partial charge is 1.00 e. The zero-order chi connectivity index (χ0) is 12.9. The fraction of sp³-hybridized carbons (Fsp3) is 0.667. The van der Waals surface area contributed by atoms with Crippen LogP contribution in [0.1, 0.15) is 76.7 Å². The molecule has 0 aliphatic carbocycles. The molecule has 0 N–H and O–H groups in total. The SMILES string of the molecule is CCCCCCCCCCCCc1cc[c-]cc1.[Br-].[Mg+2]. The van der Waals surface area contributed by atoms with Crippen molar-refractivity contribution in [1.29, 1.82) is 0 Å². The Morgan fingerprint density at radius 2 is 1.20 bits per heavy atom. The summed E-state index contributed by atoms with van der Waals surface area (Å²) in [5, 5.41) is 0. The van der Waals surface area contributed by atoms with Crippen molar-refractivity contribution in [3.05, 3.63) is 35.9 Å². The van der Waals surface area contributed by atoms with Crippen molar-refractivity contribution in [2.75, 3.05) is 0 Å². The molecule has 0 aliphatic rings. The Bertz CT molecular complexity index is 274. The third kappa shape index (κ3) is 13.4. The van der Waals surface area contributed by atoms with Gasteiger partial charge in [-0.2, -0.15) is 35.9 Å². The normalized spacial score (nSPS) is 9.65. The molecule has 0 atom stereocenters. The summed E-state index contributed by atoms with van der Waals surface area (Å²) in [6, 6.07) is 11.5. The number of rotatable bonds is 11. The van der Waals surface area contributed by atoms with Gasteiger partial charge in [-0.25, -0.2) is 0 Å². The summed E-state index contributed by atoms with van der Waals surface area (Å²) in [7, 11) is 0. The fourth-order valence-electron chi connectivity index (χ4n) is 2.40. The van der Waals surface area contributed by atoms with Crippen LogP contribution in [0, 0.1) is 6.07 Å². The zero-order valence-corrected chi connectivity index (χ0v) is 16.2. The third-order valence-electron chi connectivity index (χ3n) is 3.61. The first-order valence-electron chi connectivity index (χ1n) is 7.88. The second-order valence-corrected chi connectivity index (χ2v) is 5.34. The van der Waals surface area contributed by atoms with Crippen LogP contribution in [0.15, 0.2) is 24.3 Å². The van der Waals surface area contributed by atoms with Crippen molar-refractivity contribution in [1.82, 2.24) is 0 Å². The predicted octanol–water partition coefficient (Wildman–Crippen LogP) is 2.57. The van der Waals surface area contributed by atoms with E-state index in [1.165, 1.54) is 76.2 Å². The average Bonchev–Trinajstić information content (AvgIpc) is 2.42. The van der Waals surface area contributed by atoms with Crippen LogP contribution in [-0.2, 0) is 6.42 Å². The molecule has 1 rings (SSSR count). The molecule has 0 bridgehead atoms. The minimum Gasteiger partial charge on any atom is -1.00 e. The zero-order valence-electron chi connectivity index (χ0n) is 13.2. The van der Waals surface area contributed by atoms with Gasteiger partial charge in [-0.05, 0) is 0 Å². The van der Waals surface area contributed by atoms with Gasteiger partial charge in [0, 0.05) is 0 Å². The molecule has 0 amide bonds. The first kappa shape index (κ1) is 22.7. The van der Waals surface area contributed by atoms with Crippen molar-refractivity contribution < 1.29 is 17.0 Å². The molecule has 110 valence electrons. The van der Waals surface area contributed by atoms with E-state index in [1.54, 1.807) is 0 Å². The van der Waals surface area contributed by atoms with Gasteiger partial charge in [0.05, 0.1) is 0 Å². The van der Waals surface area contributed by atoms with E-state index in [1.807, 2.05) is 12.1 Å². The second-order valence-electron chi connectivity index (χ2n) is 5.34. The minimum atomic E-state index is 0. The summed E-state index contributed by atoms with van der Waals surface area (Å²) < 4.78 is 0. The second kappa shape index (κ2) is 17.5. The maximum Gasteiger partial charge on any atom is 2.00 e. The van der Waals surface area contributed by atoms with E-state index in [9.17, 15) is 0 Å². The van der Waals surface area contributed by atoms with Crippen LogP contribution in [0.25, 0.3) is 0 Å². The van der Waals surface area contributed by atoms with Crippen LogP contribution in [0.3, 0.4) is 0 Å². The molecule has 20 heavy (non-hydrogen) atoms. The molecule has 0 nitrogen and oxygen atoms in total. The Kier molecular flexibility index (Phi) is 19.9. The van der Waals surface area contributed by atoms with E-state index in [-0.39, 0.29) is 40.0 Å². The molecule has 0 saturated heterocycles. The third-order valence-corrected chi connectivity index (χ3v) is 3.61. The molecule has 1 aromatic carbocycles. The molecule has 0 aromatic heterocycles. The summed E-state index contributed by atoms with van der Waals surface area (Å²) in [6.45, 7) is 2.28. The molecule has 0 spiro atoms. The molecule has 1 aromatic rings. The van der Waals surface area contributed by atoms with Crippen LogP contribution in [-0.4, -0.2) is 23.1 Å². The van der Waals surface area contributed by atoms with E-state index in [4.69, 9.17) is 0 Å². The molecular formula is C18H29BrMg. The van der Waals surface area contributed by atoms with Gasteiger partial charge in [0.1, 0.15) is 0 Å². The molecule has 0 saturated carbocycles. The van der Waals surface area contributed by atoms with Crippen molar-refractivity contribution in [2.24, 2.45) is 0 Å². The van der Waals surface area contributed by atoms with Gasteiger partial charge in [-0.15, -0.1) is 0 Å². The maximum absolute atomic E-state index is 3.07. The van der Waals surface area contributed by atoms with Crippen molar-refractivity contribution >= 4 is 23.1 Å². The topological polar surface area (TPSA) is 0 Å². The van der Waals surface area contributed by atoms with Gasteiger partial charge in [0.2, 0.25) is 0 Å². The van der Waals surface area contributed by atoms with E-state index >= 15 is 0 Å². The van der Waals surface area contributed by atoms with Crippen LogP contribution in [0.2, 0.25) is 0 Å².